The first-order valence-corrected chi connectivity index (χ1v) is 21.2. The van der Waals surface area contributed by atoms with Crippen molar-refractivity contribution < 1.29 is 82.0 Å². The van der Waals surface area contributed by atoms with E-state index in [9.17, 15) is 67.5 Å². The lowest BCUT2D eigenvalue weighted by Crippen LogP contribution is -2.42. The Labute approximate surface area is 412 Å². The molecule has 0 spiro atoms. The van der Waals surface area contributed by atoms with Gasteiger partial charge < -0.3 is 14.5 Å². The molecule has 3 atom stereocenters. The Hall–Kier alpha value is -6.30. The SMILES string of the molecule is C=CN(C=O)C(=O)c1ccc(C2=NO[C@@](c3cc(Cl)c(F)c(Cl)c3)(C(F)(F)F)C2)cc1C.Cc1cc(C2=NO[C@@](c3cc(Cl)c(F)c(Cl)c3)(C(F)(F)F)C2)ccc1C(=O)N(C=O)C1CC(C(F)(F)F)=NO1. The molecular weight excluding hydrogens is 1060 g/mol. The maximum Gasteiger partial charge on any atom is 0.435 e. The molecule has 7 rings (SSSR count). The van der Waals surface area contributed by atoms with Crippen LogP contribution in [-0.4, -0.2) is 76.3 Å². The minimum atomic E-state index is -5.04. The number of carbonyl (C=O) groups excluding carboxylic acids is 4. The summed E-state index contributed by atoms with van der Waals surface area (Å²) >= 11 is 22.8. The fourth-order valence-electron chi connectivity index (χ4n) is 7.24. The summed E-state index contributed by atoms with van der Waals surface area (Å²) in [5, 5.41) is 7.57. The average molecular weight is 1090 g/mol. The van der Waals surface area contributed by atoms with Gasteiger partial charge >= 0.3 is 18.5 Å². The van der Waals surface area contributed by atoms with Crippen LogP contribution < -0.4 is 0 Å². The van der Waals surface area contributed by atoms with Crippen molar-refractivity contribution in [1.29, 1.82) is 0 Å². The van der Waals surface area contributed by atoms with Crippen LogP contribution in [0.4, 0.5) is 48.3 Å². The molecule has 0 radical (unpaired) electrons. The highest BCUT2D eigenvalue weighted by Crippen LogP contribution is 2.52. The van der Waals surface area contributed by atoms with E-state index in [4.69, 9.17) is 56.1 Å². The highest BCUT2D eigenvalue weighted by atomic mass is 35.5. The molecule has 376 valence electrons. The number of oxime groups is 3. The smallest absolute Gasteiger partial charge is 0.374 e. The number of amides is 4. The van der Waals surface area contributed by atoms with E-state index in [1.165, 1.54) is 37.3 Å². The van der Waals surface area contributed by atoms with Crippen molar-refractivity contribution in [3.05, 3.63) is 150 Å². The predicted molar refractivity (Wildman–Crippen MR) is 233 cm³/mol. The molecule has 0 aromatic heterocycles. The molecule has 0 aliphatic carbocycles. The normalized spacial score (nSPS) is 19.7. The topological polar surface area (TPSA) is 140 Å². The summed E-state index contributed by atoms with van der Waals surface area (Å²) in [5.41, 5.74) is -7.71. The van der Waals surface area contributed by atoms with Gasteiger partial charge in [0.1, 0.15) is 0 Å². The molecular formula is C44H28Cl4F11N5O7. The van der Waals surface area contributed by atoms with Gasteiger partial charge in [-0.3, -0.25) is 24.1 Å². The summed E-state index contributed by atoms with van der Waals surface area (Å²) < 4.78 is 151. The van der Waals surface area contributed by atoms with Gasteiger partial charge in [0.15, 0.2) is 17.3 Å². The van der Waals surface area contributed by atoms with Gasteiger partial charge in [-0.05, 0) is 84.6 Å². The number of hydrogen-bond donors (Lipinski definition) is 0. The highest BCUT2D eigenvalue weighted by molar-refractivity contribution is 6.35. The van der Waals surface area contributed by atoms with Crippen LogP contribution in [0.2, 0.25) is 20.1 Å². The molecule has 71 heavy (non-hydrogen) atoms. The van der Waals surface area contributed by atoms with E-state index < -0.39 is 116 Å². The molecule has 12 nitrogen and oxygen atoms in total. The van der Waals surface area contributed by atoms with Crippen LogP contribution >= 0.6 is 46.4 Å². The summed E-state index contributed by atoms with van der Waals surface area (Å²) in [4.78, 5) is 63.2. The standard InChI is InChI=1S/C23H14Cl2F7N3O4.C21H14Cl2F4N2O3/c1-10-4-11(2-3-13(10)20(37)35(9-36)18-7-17(34-38-18)22(27,28)29)16-8-21(39-33-16,23(30,31)32)12-5-14(24)19(26)15(25)6-12;1-3-29(10-30)19(31)14-5-4-12(6-11(14)2)17-9-20(32-28-17,21(25,26)27)13-7-15(22)18(24)16(23)8-13/h2-6,9,18H,7-8H2,1H3;3-8,10H,1,9H2,2H3/t18?,21-;20-/m00/s1. The summed E-state index contributed by atoms with van der Waals surface area (Å²) in [7, 11) is 0. The maximum atomic E-state index is 14.2. The van der Waals surface area contributed by atoms with Gasteiger partial charge in [0.05, 0.1) is 37.9 Å². The van der Waals surface area contributed by atoms with Crippen molar-refractivity contribution in [2.45, 2.75) is 69.1 Å². The Morgan fingerprint density at radius 3 is 1.39 bits per heavy atom. The van der Waals surface area contributed by atoms with Gasteiger partial charge in [-0.15, -0.1) is 0 Å². The summed E-state index contributed by atoms with van der Waals surface area (Å²) in [6.45, 7) is 6.30. The largest absolute Gasteiger partial charge is 0.435 e. The molecule has 3 aliphatic rings. The van der Waals surface area contributed by atoms with E-state index >= 15 is 0 Å². The van der Waals surface area contributed by atoms with Crippen molar-refractivity contribution in [3.63, 3.8) is 0 Å². The van der Waals surface area contributed by atoms with Crippen molar-refractivity contribution in [3.8, 4) is 0 Å². The molecule has 0 bridgehead atoms. The number of carbonyl (C=O) groups is 4. The van der Waals surface area contributed by atoms with E-state index in [0.717, 1.165) is 41.4 Å². The molecule has 4 aromatic carbocycles. The van der Waals surface area contributed by atoms with E-state index in [1.807, 2.05) is 0 Å². The second-order valence-corrected chi connectivity index (χ2v) is 17.1. The third-order valence-electron chi connectivity index (χ3n) is 11.0. The van der Waals surface area contributed by atoms with Gasteiger partial charge in [-0.2, -0.15) is 39.5 Å². The van der Waals surface area contributed by atoms with E-state index in [0.29, 0.717) is 10.5 Å². The lowest BCUT2D eigenvalue weighted by molar-refractivity contribution is -0.276. The van der Waals surface area contributed by atoms with Gasteiger partial charge in [0.2, 0.25) is 19.0 Å². The fraction of sp³-hybridized carbons (Fsp3) is 0.250. The molecule has 27 heteroatoms. The number of halogens is 15. The van der Waals surface area contributed by atoms with Crippen LogP contribution in [0.5, 0.6) is 0 Å². The minimum Gasteiger partial charge on any atom is -0.374 e. The maximum absolute atomic E-state index is 14.2. The van der Waals surface area contributed by atoms with Crippen molar-refractivity contribution in [1.82, 2.24) is 9.80 Å². The van der Waals surface area contributed by atoms with Gasteiger partial charge in [-0.1, -0.05) is 80.6 Å². The molecule has 0 saturated carbocycles. The molecule has 0 N–H and O–H groups in total. The van der Waals surface area contributed by atoms with E-state index in [-0.39, 0.29) is 52.1 Å². The Bertz CT molecular complexity index is 2900. The Morgan fingerprint density at radius 1 is 0.662 bits per heavy atom. The first-order chi connectivity index (χ1) is 33.0. The van der Waals surface area contributed by atoms with Crippen LogP contribution in [0, 0.1) is 25.5 Å². The average Bonchev–Trinajstić information content (AvgIpc) is 4.09. The van der Waals surface area contributed by atoms with Crippen LogP contribution in [-0.2, 0) is 35.3 Å². The molecule has 1 unspecified atom stereocenters. The highest BCUT2D eigenvalue weighted by Gasteiger charge is 2.64. The minimum absolute atomic E-state index is 0.0132. The second kappa shape index (κ2) is 20.1. The number of nitrogens with zero attached hydrogens (tertiary/aromatic N) is 5. The van der Waals surface area contributed by atoms with E-state index in [2.05, 4.69) is 26.9 Å². The fourth-order valence-corrected chi connectivity index (χ4v) is 8.21. The number of hydrogen-bond acceptors (Lipinski definition) is 10. The van der Waals surface area contributed by atoms with Crippen LogP contribution in [0.1, 0.15) is 73.4 Å². The van der Waals surface area contributed by atoms with Crippen LogP contribution in [0.3, 0.4) is 0 Å². The first kappa shape index (κ1) is 54.0. The molecule has 4 amide bonds. The van der Waals surface area contributed by atoms with Crippen LogP contribution in [0.15, 0.2) is 88.9 Å². The number of rotatable bonds is 10. The van der Waals surface area contributed by atoms with Gasteiger partial charge in [0, 0.05) is 41.3 Å². The first-order valence-electron chi connectivity index (χ1n) is 19.7. The van der Waals surface area contributed by atoms with E-state index in [1.54, 1.807) is 6.92 Å². The number of aryl methyl sites for hydroxylation is 2. The summed E-state index contributed by atoms with van der Waals surface area (Å²) in [5.74, 6) is -3.83. The van der Waals surface area contributed by atoms with Crippen molar-refractivity contribution in [2.24, 2.45) is 15.5 Å². The quantitative estimate of drug-likeness (QED) is 0.0875. The Kier molecular flexibility index (Phi) is 15.3. The molecule has 0 fully saturated rings. The summed E-state index contributed by atoms with van der Waals surface area (Å²) in [6.07, 6.45) is -17.6. The van der Waals surface area contributed by atoms with Crippen LogP contribution in [0.25, 0.3) is 0 Å². The Balaban J connectivity index is 0.000000237. The molecule has 4 aromatic rings. The van der Waals surface area contributed by atoms with Crippen molar-refractivity contribution in [2.75, 3.05) is 0 Å². The predicted octanol–water partition coefficient (Wildman–Crippen LogP) is 12.1. The lowest BCUT2D eigenvalue weighted by atomic mass is 9.86. The number of imide groups is 2. The van der Waals surface area contributed by atoms with Crippen molar-refractivity contribution >= 4 is 88.2 Å². The zero-order valence-electron chi connectivity index (χ0n) is 35.7. The molecule has 3 aliphatic heterocycles. The van der Waals surface area contributed by atoms with Gasteiger partial charge in [-0.25, -0.2) is 13.7 Å². The van der Waals surface area contributed by atoms with Gasteiger partial charge in [0.25, 0.3) is 23.0 Å². The third kappa shape index (κ3) is 10.4. The second-order valence-electron chi connectivity index (χ2n) is 15.4. The zero-order valence-corrected chi connectivity index (χ0v) is 38.7. The summed E-state index contributed by atoms with van der Waals surface area (Å²) in [6, 6.07) is 10.9. The molecule has 3 heterocycles. The lowest BCUT2D eigenvalue weighted by Gasteiger charge is -2.29. The Morgan fingerprint density at radius 2 is 1.07 bits per heavy atom. The zero-order chi connectivity index (χ0) is 52.8. The number of alkyl halides is 9. The monoisotopic (exact) mass is 1090 g/mol. The molecule has 0 saturated heterocycles. The third-order valence-corrected chi connectivity index (χ3v) is 12.1. The number of benzene rings is 4.